The summed E-state index contributed by atoms with van der Waals surface area (Å²) < 4.78 is 0. The molecule has 3 aliphatic rings. The highest BCUT2D eigenvalue weighted by molar-refractivity contribution is 5.85. The maximum Gasteiger partial charge on any atom is 0.239 e. The Labute approximate surface area is 135 Å². The second-order valence-corrected chi connectivity index (χ2v) is 7.32. The molecule has 0 aromatic rings. The predicted molar refractivity (Wildman–Crippen MR) is 88.7 cm³/mol. The molecule has 4 heteroatoms. The van der Waals surface area contributed by atoms with E-state index >= 15 is 0 Å². The Morgan fingerprint density at radius 2 is 1.95 bits per heavy atom. The zero-order valence-corrected chi connectivity index (χ0v) is 14.4. The van der Waals surface area contributed by atoms with Crippen molar-refractivity contribution in [3.05, 3.63) is 0 Å². The van der Waals surface area contributed by atoms with Gasteiger partial charge >= 0.3 is 0 Å². The summed E-state index contributed by atoms with van der Waals surface area (Å²) in [5.41, 5.74) is 0.404. The Balaban J connectivity index is 0.00000161. The summed E-state index contributed by atoms with van der Waals surface area (Å²) >= 11 is 0. The normalized spacial score (nSPS) is 34.4. The van der Waals surface area contributed by atoms with E-state index in [9.17, 15) is 4.79 Å². The Bertz CT molecular complexity index is 352. The molecule has 0 spiro atoms. The van der Waals surface area contributed by atoms with E-state index < -0.39 is 0 Å². The van der Waals surface area contributed by atoms with Gasteiger partial charge < -0.3 is 10.2 Å². The molecule has 1 aliphatic carbocycles. The SMILES string of the molecule is CCC1(CC)CCN(C(=O)C2CC3CCCCC3N2)C1.Cl. The lowest BCUT2D eigenvalue weighted by atomic mass is 9.82. The van der Waals surface area contributed by atoms with E-state index in [2.05, 4.69) is 24.1 Å². The standard InChI is InChI=1S/C17H30N2O.ClH/c1-3-17(4-2)9-10-19(12-17)16(20)15-11-13-7-5-6-8-14(13)18-15;/h13-15,18H,3-12H2,1-2H3;1H. The average Bonchev–Trinajstić information content (AvgIpc) is 3.11. The fourth-order valence-electron chi connectivity index (χ4n) is 4.68. The molecule has 0 radical (unpaired) electrons. The first-order chi connectivity index (χ1) is 9.67. The minimum absolute atomic E-state index is 0. The number of hydrogen-bond acceptors (Lipinski definition) is 2. The molecule has 3 nitrogen and oxygen atoms in total. The van der Waals surface area contributed by atoms with Crippen LogP contribution in [-0.2, 0) is 4.79 Å². The number of nitrogens with one attached hydrogen (secondary N) is 1. The van der Waals surface area contributed by atoms with Crippen molar-refractivity contribution in [2.75, 3.05) is 13.1 Å². The van der Waals surface area contributed by atoms with Crippen molar-refractivity contribution in [1.82, 2.24) is 10.2 Å². The van der Waals surface area contributed by atoms with Crippen LogP contribution in [0.15, 0.2) is 0 Å². The molecule has 1 amide bonds. The van der Waals surface area contributed by atoms with Gasteiger partial charge in [-0.05, 0) is 49.9 Å². The fraction of sp³-hybridized carbons (Fsp3) is 0.941. The summed E-state index contributed by atoms with van der Waals surface area (Å²) in [5.74, 6) is 1.16. The van der Waals surface area contributed by atoms with Gasteiger partial charge in [0.1, 0.15) is 0 Å². The summed E-state index contributed by atoms with van der Waals surface area (Å²) in [6.45, 7) is 6.53. The minimum Gasteiger partial charge on any atom is -0.341 e. The van der Waals surface area contributed by atoms with Crippen molar-refractivity contribution < 1.29 is 4.79 Å². The van der Waals surface area contributed by atoms with E-state index in [-0.39, 0.29) is 18.4 Å². The highest BCUT2D eigenvalue weighted by Crippen LogP contribution is 2.39. The van der Waals surface area contributed by atoms with Gasteiger partial charge in [0.15, 0.2) is 0 Å². The lowest BCUT2D eigenvalue weighted by molar-refractivity contribution is -0.132. The first-order valence-electron chi connectivity index (χ1n) is 8.72. The van der Waals surface area contributed by atoms with E-state index in [1.54, 1.807) is 0 Å². The topological polar surface area (TPSA) is 32.3 Å². The van der Waals surface area contributed by atoms with Crippen LogP contribution in [-0.4, -0.2) is 36.0 Å². The fourth-order valence-corrected chi connectivity index (χ4v) is 4.68. The first kappa shape index (κ1) is 17.1. The van der Waals surface area contributed by atoms with Crippen LogP contribution < -0.4 is 5.32 Å². The lowest BCUT2D eigenvalue weighted by Crippen LogP contribution is -2.45. The summed E-state index contributed by atoms with van der Waals surface area (Å²) in [4.78, 5) is 14.9. The molecule has 1 N–H and O–H groups in total. The quantitative estimate of drug-likeness (QED) is 0.866. The first-order valence-corrected chi connectivity index (χ1v) is 8.72. The van der Waals surface area contributed by atoms with Crippen LogP contribution in [0.25, 0.3) is 0 Å². The van der Waals surface area contributed by atoms with Crippen LogP contribution in [0.5, 0.6) is 0 Å². The molecule has 3 fully saturated rings. The van der Waals surface area contributed by atoms with Crippen molar-refractivity contribution >= 4 is 18.3 Å². The molecule has 21 heavy (non-hydrogen) atoms. The van der Waals surface area contributed by atoms with Crippen LogP contribution in [0.2, 0.25) is 0 Å². The van der Waals surface area contributed by atoms with Gasteiger partial charge in [-0.2, -0.15) is 0 Å². The number of likely N-dealkylation sites (tertiary alicyclic amines) is 1. The highest BCUT2D eigenvalue weighted by Gasteiger charge is 2.43. The molecule has 0 aromatic carbocycles. The Morgan fingerprint density at radius 1 is 1.24 bits per heavy atom. The van der Waals surface area contributed by atoms with Gasteiger partial charge in [0.05, 0.1) is 6.04 Å². The molecule has 122 valence electrons. The number of rotatable bonds is 3. The smallest absolute Gasteiger partial charge is 0.239 e. The third kappa shape index (κ3) is 3.24. The van der Waals surface area contributed by atoms with Gasteiger partial charge in [-0.3, -0.25) is 4.79 Å². The molecule has 2 aliphatic heterocycles. The van der Waals surface area contributed by atoms with E-state index in [1.807, 2.05) is 0 Å². The van der Waals surface area contributed by atoms with Gasteiger partial charge in [0.25, 0.3) is 0 Å². The van der Waals surface area contributed by atoms with Crippen molar-refractivity contribution in [1.29, 1.82) is 0 Å². The van der Waals surface area contributed by atoms with E-state index in [4.69, 9.17) is 0 Å². The number of nitrogens with zero attached hydrogens (tertiary/aromatic N) is 1. The Kier molecular flexibility index (Phi) is 5.59. The van der Waals surface area contributed by atoms with Crippen molar-refractivity contribution in [3.63, 3.8) is 0 Å². The monoisotopic (exact) mass is 314 g/mol. The largest absolute Gasteiger partial charge is 0.341 e. The van der Waals surface area contributed by atoms with Gasteiger partial charge in [0.2, 0.25) is 5.91 Å². The summed E-state index contributed by atoms with van der Waals surface area (Å²) in [5, 5.41) is 3.64. The van der Waals surface area contributed by atoms with Gasteiger partial charge in [-0.25, -0.2) is 0 Å². The number of halogens is 1. The molecule has 2 saturated heterocycles. The van der Waals surface area contributed by atoms with Crippen molar-refractivity contribution in [2.45, 2.75) is 77.3 Å². The average molecular weight is 315 g/mol. The highest BCUT2D eigenvalue weighted by atomic mass is 35.5. The van der Waals surface area contributed by atoms with Gasteiger partial charge in [-0.1, -0.05) is 26.7 Å². The second-order valence-electron chi connectivity index (χ2n) is 7.32. The predicted octanol–water partition coefficient (Wildman–Crippen LogP) is 3.37. The third-order valence-electron chi connectivity index (χ3n) is 6.41. The molecule has 3 unspecified atom stereocenters. The molecule has 0 aromatic heterocycles. The van der Waals surface area contributed by atoms with E-state index in [0.717, 1.165) is 25.4 Å². The summed E-state index contributed by atoms with van der Waals surface area (Å²) in [6, 6.07) is 0.745. The number of hydrogen-bond donors (Lipinski definition) is 1. The zero-order valence-electron chi connectivity index (χ0n) is 13.6. The molecular formula is C17H31ClN2O. The molecular weight excluding hydrogens is 284 g/mol. The number of carbonyl (C=O) groups is 1. The molecule has 1 saturated carbocycles. The molecule has 3 atom stereocenters. The van der Waals surface area contributed by atoms with Crippen LogP contribution in [0.1, 0.15) is 65.2 Å². The Hall–Kier alpha value is -0.280. The summed E-state index contributed by atoms with van der Waals surface area (Å²) in [7, 11) is 0. The van der Waals surface area contributed by atoms with E-state index in [1.165, 1.54) is 44.9 Å². The number of amides is 1. The summed E-state index contributed by atoms with van der Waals surface area (Å²) in [6.07, 6.45) is 10.0. The Morgan fingerprint density at radius 3 is 2.57 bits per heavy atom. The maximum atomic E-state index is 12.8. The van der Waals surface area contributed by atoms with Crippen LogP contribution in [0.3, 0.4) is 0 Å². The van der Waals surface area contributed by atoms with Crippen molar-refractivity contribution in [2.24, 2.45) is 11.3 Å². The molecule has 3 rings (SSSR count). The van der Waals surface area contributed by atoms with Gasteiger partial charge in [0, 0.05) is 19.1 Å². The molecule has 2 heterocycles. The van der Waals surface area contributed by atoms with Crippen LogP contribution >= 0.6 is 12.4 Å². The van der Waals surface area contributed by atoms with Crippen molar-refractivity contribution in [3.8, 4) is 0 Å². The van der Waals surface area contributed by atoms with Crippen LogP contribution in [0.4, 0.5) is 0 Å². The number of fused-ring (bicyclic) bond motifs is 1. The second kappa shape index (κ2) is 6.87. The van der Waals surface area contributed by atoms with Gasteiger partial charge in [-0.15, -0.1) is 12.4 Å². The number of carbonyl (C=O) groups excluding carboxylic acids is 1. The van der Waals surface area contributed by atoms with Crippen LogP contribution in [0, 0.1) is 11.3 Å². The third-order valence-corrected chi connectivity index (χ3v) is 6.41. The van der Waals surface area contributed by atoms with E-state index in [0.29, 0.717) is 17.4 Å². The minimum atomic E-state index is 0. The molecule has 0 bridgehead atoms. The lowest BCUT2D eigenvalue weighted by Gasteiger charge is -2.27. The zero-order chi connectivity index (χ0) is 14.2. The maximum absolute atomic E-state index is 12.8.